The second-order valence-corrected chi connectivity index (χ2v) is 18.3. The molecule has 7 rings (SSSR count). The fourth-order valence-electron chi connectivity index (χ4n) is 5.73. The Kier molecular flexibility index (Phi) is 8.84. The van der Waals surface area contributed by atoms with Crippen molar-refractivity contribution in [2.24, 2.45) is 0 Å². The summed E-state index contributed by atoms with van der Waals surface area (Å²) in [6.45, 7) is 5.16. The summed E-state index contributed by atoms with van der Waals surface area (Å²) in [4.78, 5) is 9.01. The number of pyridine rings is 2. The molecule has 1 aliphatic rings. The van der Waals surface area contributed by atoms with Crippen molar-refractivity contribution in [2.45, 2.75) is 64.5 Å². The Morgan fingerprint density at radius 1 is 0.814 bits per heavy atom. The van der Waals surface area contributed by atoms with Gasteiger partial charge in [0.1, 0.15) is 0 Å². The summed E-state index contributed by atoms with van der Waals surface area (Å²) < 4.78 is 24.4. The molecule has 2 nitrogen and oxygen atoms in total. The number of hydrogen-bond acceptors (Lipinski definition) is 3. The first-order valence-corrected chi connectivity index (χ1v) is 19.2. The average Bonchev–Trinajstić information content (AvgIpc) is 3.44. The van der Waals surface area contributed by atoms with E-state index in [2.05, 4.69) is 85.4 Å². The predicted molar refractivity (Wildman–Crippen MR) is 183 cm³/mol. The standard InChI is InChI=1S/C26H28NSSi.C12H10N.Ir/c1-29(2,3)20-13-15-25-23(16-20)21-10-7-11-22(26(21)28-25)24-14-12-19(17-27-24)18-8-5-4-6-9-18;1-10-7-8-12(13-9-10)11-5-3-2-4-6-11;/h7,10,12-18H,4-6,8-9H2,1-3H3;2-5,7-9H,1H3;/q2*-1;/i;1D3;. The number of aryl methyl sites for hydroxylation is 1. The molecule has 1 radical (unpaired) electrons. The van der Waals surface area contributed by atoms with E-state index in [1.807, 2.05) is 29.5 Å². The van der Waals surface area contributed by atoms with Gasteiger partial charge in [0.2, 0.25) is 0 Å². The van der Waals surface area contributed by atoms with Gasteiger partial charge < -0.3 is 9.97 Å². The molecule has 1 saturated carbocycles. The van der Waals surface area contributed by atoms with E-state index in [-0.39, 0.29) is 25.7 Å². The van der Waals surface area contributed by atoms with Crippen molar-refractivity contribution in [3.05, 3.63) is 115 Å². The molecule has 0 N–H and O–H groups in total. The quantitative estimate of drug-likeness (QED) is 0.132. The largest absolute Gasteiger partial charge is 0.304 e. The Bertz CT molecular complexity index is 1890. The van der Waals surface area contributed by atoms with Crippen LogP contribution in [0.1, 0.15) is 53.3 Å². The van der Waals surface area contributed by atoms with Gasteiger partial charge in [0.15, 0.2) is 0 Å². The van der Waals surface area contributed by atoms with Crippen LogP contribution in [0.2, 0.25) is 19.6 Å². The summed E-state index contributed by atoms with van der Waals surface area (Å²) in [5.41, 5.74) is 5.46. The second-order valence-electron chi connectivity index (χ2n) is 12.2. The Morgan fingerprint density at radius 2 is 1.63 bits per heavy atom. The summed E-state index contributed by atoms with van der Waals surface area (Å²) in [7, 11) is -1.33. The van der Waals surface area contributed by atoms with Crippen LogP contribution in [0.25, 0.3) is 42.7 Å². The molecule has 0 saturated heterocycles. The third-order valence-corrected chi connectivity index (χ3v) is 11.4. The van der Waals surface area contributed by atoms with Crippen LogP contribution >= 0.6 is 11.3 Å². The van der Waals surface area contributed by atoms with E-state index in [0.717, 1.165) is 22.5 Å². The number of benzene rings is 3. The molecule has 3 aromatic heterocycles. The maximum atomic E-state index is 7.23. The molecule has 221 valence electrons. The van der Waals surface area contributed by atoms with Crippen LogP contribution in [0, 0.1) is 19.0 Å². The molecule has 0 aliphatic heterocycles. The van der Waals surface area contributed by atoms with Gasteiger partial charge in [-0.1, -0.05) is 85.9 Å². The SMILES string of the molecule is C[Si](C)(C)c1ccc2sc3c(-c4ccc(C5CCCCC5)cn4)[c-]ccc3c2c1.[2H]C([2H])([2H])c1ccc(-c2[c-]cccc2)nc1.[Ir]. The minimum Gasteiger partial charge on any atom is -0.304 e. The number of nitrogens with zero attached hydrogens (tertiary/aromatic N) is 2. The number of thiophene rings is 1. The molecular weight excluding hydrogens is 737 g/mol. The molecule has 1 fully saturated rings. The van der Waals surface area contributed by atoms with Gasteiger partial charge in [0.25, 0.3) is 0 Å². The van der Waals surface area contributed by atoms with E-state index in [4.69, 9.17) is 9.10 Å². The molecule has 1 aliphatic carbocycles. The van der Waals surface area contributed by atoms with Crippen molar-refractivity contribution >= 4 is 44.8 Å². The van der Waals surface area contributed by atoms with Crippen LogP contribution in [0.15, 0.2) is 91.3 Å². The van der Waals surface area contributed by atoms with E-state index in [0.29, 0.717) is 5.92 Å². The number of fused-ring (bicyclic) bond motifs is 3. The fourth-order valence-corrected chi connectivity index (χ4v) is 8.08. The molecule has 6 aromatic rings. The van der Waals surface area contributed by atoms with Crippen LogP contribution < -0.4 is 5.19 Å². The van der Waals surface area contributed by atoms with E-state index >= 15 is 0 Å². The van der Waals surface area contributed by atoms with Gasteiger partial charge in [0, 0.05) is 41.3 Å². The maximum absolute atomic E-state index is 7.23. The predicted octanol–water partition coefficient (Wildman–Crippen LogP) is 10.4. The summed E-state index contributed by atoms with van der Waals surface area (Å²) in [6.07, 6.45) is 10.3. The third kappa shape index (κ3) is 7.24. The van der Waals surface area contributed by atoms with Gasteiger partial charge in [-0.05, 0) is 64.3 Å². The first kappa shape index (κ1) is 27.6. The van der Waals surface area contributed by atoms with Crippen molar-refractivity contribution in [3.63, 3.8) is 0 Å². The zero-order chi connectivity index (χ0) is 31.6. The van der Waals surface area contributed by atoms with Gasteiger partial charge in [0.05, 0.1) is 8.07 Å². The van der Waals surface area contributed by atoms with Gasteiger partial charge in [-0.2, -0.15) is 11.3 Å². The Labute approximate surface area is 279 Å². The van der Waals surface area contributed by atoms with Crippen molar-refractivity contribution in [2.75, 3.05) is 0 Å². The minimum absolute atomic E-state index is 0. The number of hydrogen-bond donors (Lipinski definition) is 0. The van der Waals surface area contributed by atoms with E-state index in [1.54, 1.807) is 18.2 Å². The van der Waals surface area contributed by atoms with Crippen LogP contribution in [-0.2, 0) is 20.1 Å². The summed E-state index contributed by atoms with van der Waals surface area (Å²) >= 11 is 1.88. The van der Waals surface area contributed by atoms with Gasteiger partial charge in [-0.3, -0.25) is 0 Å². The van der Waals surface area contributed by atoms with Crippen molar-refractivity contribution in [3.8, 4) is 22.5 Å². The Morgan fingerprint density at radius 3 is 2.30 bits per heavy atom. The summed E-state index contributed by atoms with van der Waals surface area (Å²) in [5.74, 6) is 0.703. The van der Waals surface area contributed by atoms with E-state index in [9.17, 15) is 0 Å². The molecule has 43 heavy (non-hydrogen) atoms. The first-order valence-electron chi connectivity index (χ1n) is 16.4. The van der Waals surface area contributed by atoms with Crippen LogP contribution in [0.3, 0.4) is 0 Å². The molecule has 3 aromatic carbocycles. The second kappa shape index (κ2) is 13.8. The molecule has 5 heteroatoms. The van der Waals surface area contributed by atoms with Crippen LogP contribution in [0.5, 0.6) is 0 Å². The number of aromatic nitrogens is 2. The summed E-state index contributed by atoms with van der Waals surface area (Å²) in [5, 5.41) is 4.25. The van der Waals surface area contributed by atoms with Gasteiger partial charge in [-0.15, -0.1) is 59.7 Å². The van der Waals surface area contributed by atoms with Gasteiger partial charge >= 0.3 is 0 Å². The van der Waals surface area contributed by atoms with Gasteiger partial charge in [-0.25, -0.2) is 0 Å². The minimum atomic E-state index is -2.09. The van der Waals surface area contributed by atoms with Crippen LogP contribution in [0.4, 0.5) is 0 Å². The molecule has 0 unspecified atom stereocenters. The molecular formula is C38H38IrN2SSi-2. The topological polar surface area (TPSA) is 25.8 Å². The third-order valence-electron chi connectivity index (χ3n) is 8.16. The maximum Gasteiger partial charge on any atom is 0.0776 e. The van der Waals surface area contributed by atoms with Crippen molar-refractivity contribution < 1.29 is 24.2 Å². The first-order chi connectivity index (χ1) is 21.6. The monoisotopic (exact) mass is 778 g/mol. The van der Waals surface area contributed by atoms with Crippen molar-refractivity contribution in [1.29, 1.82) is 0 Å². The van der Waals surface area contributed by atoms with Crippen molar-refractivity contribution in [1.82, 2.24) is 9.97 Å². The molecule has 0 bridgehead atoms. The molecule has 0 spiro atoms. The normalized spacial score (nSPS) is 15.1. The smallest absolute Gasteiger partial charge is 0.0776 e. The Balaban J connectivity index is 0.000000209. The Hall–Kier alpha value is -2.95. The summed E-state index contributed by atoms with van der Waals surface area (Å²) in [6, 6.07) is 33.2. The molecule has 3 heterocycles. The van der Waals surface area contributed by atoms with E-state index < -0.39 is 14.9 Å². The zero-order valence-electron chi connectivity index (χ0n) is 27.9. The molecule has 0 atom stereocenters. The number of rotatable bonds is 4. The average molecular weight is 778 g/mol. The zero-order valence-corrected chi connectivity index (χ0v) is 29.1. The molecule has 0 amide bonds. The van der Waals surface area contributed by atoms with E-state index in [1.165, 1.54) is 69.2 Å². The van der Waals surface area contributed by atoms with Crippen LogP contribution in [-0.4, -0.2) is 18.0 Å². The fraction of sp³-hybridized carbons (Fsp3) is 0.263.